The summed E-state index contributed by atoms with van der Waals surface area (Å²) in [7, 11) is 0. The molecule has 1 N–H and O–H groups in total. The Morgan fingerprint density at radius 2 is 1.91 bits per heavy atom. The van der Waals surface area contributed by atoms with Crippen molar-refractivity contribution in [3.8, 4) is 11.3 Å². The molecule has 3 aromatic rings. The summed E-state index contributed by atoms with van der Waals surface area (Å²) in [4.78, 5) is 25.2. The van der Waals surface area contributed by atoms with Crippen molar-refractivity contribution in [2.75, 3.05) is 0 Å². The summed E-state index contributed by atoms with van der Waals surface area (Å²) in [5.74, 6) is 0. The van der Waals surface area contributed by atoms with Gasteiger partial charge in [0.25, 0.3) is 5.69 Å². The molecular formula is C17H14N2O3. The van der Waals surface area contributed by atoms with Gasteiger partial charge >= 0.3 is 0 Å². The Hall–Kier alpha value is -2.95. The van der Waals surface area contributed by atoms with Crippen LogP contribution in [0.3, 0.4) is 0 Å². The van der Waals surface area contributed by atoms with Gasteiger partial charge in [0, 0.05) is 34.2 Å². The summed E-state index contributed by atoms with van der Waals surface area (Å²) in [5.41, 5.74) is 4.94. The summed E-state index contributed by atoms with van der Waals surface area (Å²) < 4.78 is 0. The van der Waals surface area contributed by atoms with E-state index in [1.807, 2.05) is 32.0 Å². The lowest BCUT2D eigenvalue weighted by molar-refractivity contribution is -0.384. The molecule has 22 heavy (non-hydrogen) atoms. The number of aryl methyl sites for hydroxylation is 2. The Balaban J connectivity index is 2.30. The van der Waals surface area contributed by atoms with Gasteiger partial charge in [0.1, 0.15) is 0 Å². The number of nitrogens with one attached hydrogen (secondary N) is 1. The van der Waals surface area contributed by atoms with E-state index in [9.17, 15) is 14.9 Å². The first kappa shape index (κ1) is 14.0. The minimum atomic E-state index is -0.460. The lowest BCUT2D eigenvalue weighted by atomic mass is 10.00. The number of carbonyl (C=O) groups excluding carboxylic acids is 1. The van der Waals surface area contributed by atoms with Crippen LogP contribution in [0.15, 0.2) is 36.4 Å². The number of fused-ring (bicyclic) bond motifs is 1. The third-order valence-electron chi connectivity index (χ3n) is 3.80. The number of hydrogen-bond acceptors (Lipinski definition) is 3. The van der Waals surface area contributed by atoms with Crippen molar-refractivity contribution in [1.82, 2.24) is 4.98 Å². The van der Waals surface area contributed by atoms with Crippen LogP contribution in [0.5, 0.6) is 0 Å². The molecule has 5 nitrogen and oxygen atoms in total. The summed E-state index contributed by atoms with van der Waals surface area (Å²) >= 11 is 0. The van der Waals surface area contributed by atoms with Gasteiger partial charge in [-0.25, -0.2) is 0 Å². The zero-order chi connectivity index (χ0) is 15.9. The first-order chi connectivity index (χ1) is 10.5. The molecule has 5 heteroatoms. The fourth-order valence-electron chi connectivity index (χ4n) is 2.74. The molecule has 3 rings (SSSR count). The molecule has 1 heterocycles. The Morgan fingerprint density at radius 1 is 1.14 bits per heavy atom. The van der Waals surface area contributed by atoms with Crippen LogP contribution in [0.25, 0.3) is 22.2 Å². The number of nitro benzene ring substituents is 1. The van der Waals surface area contributed by atoms with E-state index in [4.69, 9.17) is 0 Å². The maximum Gasteiger partial charge on any atom is 0.270 e. The van der Waals surface area contributed by atoms with Crippen molar-refractivity contribution in [3.63, 3.8) is 0 Å². The second-order valence-electron chi connectivity index (χ2n) is 5.34. The maximum atomic E-state index is 11.5. The molecule has 0 unspecified atom stereocenters. The number of benzene rings is 2. The van der Waals surface area contributed by atoms with Crippen LogP contribution in [-0.2, 0) is 0 Å². The van der Waals surface area contributed by atoms with E-state index in [2.05, 4.69) is 4.98 Å². The summed E-state index contributed by atoms with van der Waals surface area (Å²) in [6.45, 7) is 3.98. The van der Waals surface area contributed by atoms with Gasteiger partial charge in [0.2, 0.25) is 0 Å². The third-order valence-corrected chi connectivity index (χ3v) is 3.80. The molecule has 1 aromatic heterocycles. The van der Waals surface area contributed by atoms with Crippen LogP contribution in [0.2, 0.25) is 0 Å². The molecule has 2 aromatic carbocycles. The van der Waals surface area contributed by atoms with Crippen molar-refractivity contribution in [2.24, 2.45) is 0 Å². The normalized spacial score (nSPS) is 10.8. The van der Waals surface area contributed by atoms with Crippen molar-refractivity contribution >= 4 is 22.9 Å². The Kier molecular flexibility index (Phi) is 3.25. The lowest BCUT2D eigenvalue weighted by Crippen LogP contribution is -1.89. The number of non-ortho nitro benzene ring substituents is 1. The highest BCUT2D eigenvalue weighted by Crippen LogP contribution is 2.33. The minimum Gasteiger partial charge on any atom is -0.354 e. The first-order valence-corrected chi connectivity index (χ1v) is 6.84. The van der Waals surface area contributed by atoms with E-state index in [1.54, 1.807) is 6.07 Å². The third kappa shape index (κ3) is 2.16. The predicted octanol–water partition coefficient (Wildman–Crippen LogP) is 4.17. The molecule has 0 aliphatic rings. The lowest BCUT2D eigenvalue weighted by Gasteiger charge is -2.06. The van der Waals surface area contributed by atoms with Crippen LogP contribution >= 0.6 is 0 Å². The average Bonchev–Trinajstić information content (AvgIpc) is 2.84. The number of aromatic amines is 1. The maximum absolute atomic E-state index is 11.5. The Bertz CT molecular complexity index is 910. The summed E-state index contributed by atoms with van der Waals surface area (Å²) in [6, 6.07) is 10.5. The number of H-pyrrole nitrogens is 1. The molecule has 0 atom stereocenters. The van der Waals surface area contributed by atoms with Crippen LogP contribution < -0.4 is 0 Å². The minimum absolute atomic E-state index is 0.0261. The molecule has 0 spiro atoms. The van der Waals surface area contributed by atoms with E-state index in [-0.39, 0.29) is 5.69 Å². The quantitative estimate of drug-likeness (QED) is 0.447. The monoisotopic (exact) mass is 294 g/mol. The van der Waals surface area contributed by atoms with Gasteiger partial charge < -0.3 is 4.98 Å². The predicted molar refractivity (Wildman–Crippen MR) is 85.3 cm³/mol. The number of rotatable bonds is 3. The molecule has 0 fully saturated rings. The second kappa shape index (κ2) is 5.11. The number of nitrogens with zero attached hydrogens (tertiary/aromatic N) is 1. The van der Waals surface area contributed by atoms with Gasteiger partial charge in [-0.3, -0.25) is 14.9 Å². The van der Waals surface area contributed by atoms with Gasteiger partial charge in [0.05, 0.1) is 10.6 Å². The molecule has 0 saturated carbocycles. The van der Waals surface area contributed by atoms with Crippen molar-refractivity contribution in [1.29, 1.82) is 0 Å². The van der Waals surface area contributed by atoms with Crippen molar-refractivity contribution in [2.45, 2.75) is 13.8 Å². The fraction of sp³-hybridized carbons (Fsp3) is 0.118. The summed E-state index contributed by atoms with van der Waals surface area (Å²) in [6.07, 6.45) is 0.747. The number of hydrogen-bond donors (Lipinski definition) is 1. The average molecular weight is 294 g/mol. The number of aldehydes is 1. The van der Waals surface area contributed by atoms with E-state index >= 15 is 0 Å². The Labute approximate surface area is 126 Å². The SMILES string of the molecule is Cc1ccc(-c2[nH]c3ccc([N+](=O)[O-])cc3c2C=O)c(C)c1. The molecule has 0 aliphatic heterocycles. The number of carbonyl (C=O) groups is 1. The van der Waals surface area contributed by atoms with Crippen LogP contribution in [-0.4, -0.2) is 16.2 Å². The van der Waals surface area contributed by atoms with Crippen LogP contribution in [0.4, 0.5) is 5.69 Å². The highest BCUT2D eigenvalue weighted by molar-refractivity contribution is 6.05. The Morgan fingerprint density at radius 3 is 2.55 bits per heavy atom. The van der Waals surface area contributed by atoms with Gasteiger partial charge in [-0.2, -0.15) is 0 Å². The van der Waals surface area contributed by atoms with E-state index in [1.165, 1.54) is 12.1 Å². The smallest absolute Gasteiger partial charge is 0.270 e. The van der Waals surface area contributed by atoms with Crippen molar-refractivity contribution in [3.05, 3.63) is 63.2 Å². The van der Waals surface area contributed by atoms with Gasteiger partial charge in [-0.1, -0.05) is 23.8 Å². The van der Waals surface area contributed by atoms with Crippen LogP contribution in [0, 0.1) is 24.0 Å². The summed E-state index contributed by atoms with van der Waals surface area (Å²) in [5, 5.41) is 11.5. The molecule has 0 radical (unpaired) electrons. The van der Waals surface area contributed by atoms with E-state index < -0.39 is 4.92 Å². The number of aromatic nitrogens is 1. The molecule has 0 amide bonds. The zero-order valence-corrected chi connectivity index (χ0v) is 12.2. The molecule has 0 saturated heterocycles. The van der Waals surface area contributed by atoms with Crippen LogP contribution in [0.1, 0.15) is 21.5 Å². The molecular weight excluding hydrogens is 280 g/mol. The second-order valence-corrected chi connectivity index (χ2v) is 5.34. The van der Waals surface area contributed by atoms with Gasteiger partial charge in [-0.05, 0) is 25.5 Å². The highest BCUT2D eigenvalue weighted by Gasteiger charge is 2.17. The van der Waals surface area contributed by atoms with E-state index in [0.29, 0.717) is 22.2 Å². The molecule has 0 aliphatic carbocycles. The standard InChI is InChI=1S/C17H14N2O3/c1-10-3-5-13(11(2)7-10)17-15(9-20)14-8-12(19(21)22)4-6-16(14)18-17/h3-9,18H,1-2H3. The topological polar surface area (TPSA) is 76.0 Å². The zero-order valence-electron chi connectivity index (χ0n) is 12.2. The number of nitro groups is 1. The molecule has 110 valence electrons. The highest BCUT2D eigenvalue weighted by atomic mass is 16.6. The van der Waals surface area contributed by atoms with E-state index in [0.717, 1.165) is 23.0 Å². The first-order valence-electron chi connectivity index (χ1n) is 6.84. The van der Waals surface area contributed by atoms with Gasteiger partial charge in [0.15, 0.2) is 6.29 Å². The fourth-order valence-corrected chi connectivity index (χ4v) is 2.74. The van der Waals surface area contributed by atoms with Gasteiger partial charge in [-0.15, -0.1) is 0 Å². The largest absolute Gasteiger partial charge is 0.354 e. The van der Waals surface area contributed by atoms with Crippen molar-refractivity contribution < 1.29 is 9.72 Å². The molecule has 0 bridgehead atoms.